The molecule has 6 nitrogen and oxygen atoms in total. The second-order valence-corrected chi connectivity index (χ2v) is 3.93. The van der Waals surface area contributed by atoms with Crippen LogP contribution in [0, 0.1) is 6.92 Å². The molecule has 2 rings (SSSR count). The molecule has 0 aliphatic heterocycles. The zero-order valence-electron chi connectivity index (χ0n) is 10.5. The molecule has 0 fully saturated rings. The molecule has 0 aliphatic rings. The summed E-state index contributed by atoms with van der Waals surface area (Å²) in [6.45, 7) is 4.66. The van der Waals surface area contributed by atoms with Crippen LogP contribution in [0.4, 0.5) is 5.95 Å². The number of fused-ring (bicyclic) bond motifs is 1. The van der Waals surface area contributed by atoms with Gasteiger partial charge in [0.25, 0.3) is 0 Å². The molecule has 0 aromatic carbocycles. The van der Waals surface area contributed by atoms with Gasteiger partial charge in [-0.2, -0.15) is 4.98 Å². The maximum atomic E-state index is 11.1. The SMILES string of the molecule is CCOC(=O)CCNc1nc2ccc(C)cn2n1. The van der Waals surface area contributed by atoms with Crippen molar-refractivity contribution in [2.45, 2.75) is 20.3 Å². The summed E-state index contributed by atoms with van der Waals surface area (Å²) in [5, 5.41) is 7.26. The van der Waals surface area contributed by atoms with Crippen LogP contribution in [0.1, 0.15) is 18.9 Å². The lowest BCUT2D eigenvalue weighted by Crippen LogP contribution is -2.11. The first-order valence-electron chi connectivity index (χ1n) is 5.91. The summed E-state index contributed by atoms with van der Waals surface area (Å²) >= 11 is 0. The molecule has 6 heteroatoms. The van der Waals surface area contributed by atoms with Crippen molar-refractivity contribution in [3.8, 4) is 0 Å². The number of carbonyl (C=O) groups is 1. The van der Waals surface area contributed by atoms with E-state index in [-0.39, 0.29) is 5.97 Å². The monoisotopic (exact) mass is 248 g/mol. The topological polar surface area (TPSA) is 68.5 Å². The number of rotatable bonds is 5. The Hall–Kier alpha value is -2.11. The molecule has 0 aliphatic carbocycles. The quantitative estimate of drug-likeness (QED) is 0.810. The first-order chi connectivity index (χ1) is 8.69. The number of hydrogen-bond donors (Lipinski definition) is 1. The third-order valence-corrected chi connectivity index (χ3v) is 2.40. The molecule has 2 aromatic heterocycles. The number of ether oxygens (including phenoxy) is 1. The summed E-state index contributed by atoms with van der Waals surface area (Å²) in [6, 6.07) is 3.88. The molecular weight excluding hydrogens is 232 g/mol. The van der Waals surface area contributed by atoms with Gasteiger partial charge in [-0.25, -0.2) is 4.52 Å². The van der Waals surface area contributed by atoms with Crippen LogP contribution in [0.3, 0.4) is 0 Å². The number of aryl methyl sites for hydroxylation is 1. The van der Waals surface area contributed by atoms with Gasteiger partial charge in [0.15, 0.2) is 5.65 Å². The Labute approximate surface area is 105 Å². The average Bonchev–Trinajstić information content (AvgIpc) is 2.71. The maximum Gasteiger partial charge on any atom is 0.307 e. The number of anilines is 1. The minimum Gasteiger partial charge on any atom is -0.466 e. The van der Waals surface area contributed by atoms with E-state index < -0.39 is 0 Å². The van der Waals surface area contributed by atoms with Gasteiger partial charge in [-0.15, -0.1) is 5.10 Å². The smallest absolute Gasteiger partial charge is 0.307 e. The maximum absolute atomic E-state index is 11.1. The molecule has 0 bridgehead atoms. The predicted molar refractivity (Wildman–Crippen MR) is 67.5 cm³/mol. The molecule has 0 spiro atoms. The van der Waals surface area contributed by atoms with Gasteiger partial charge >= 0.3 is 5.97 Å². The lowest BCUT2D eigenvalue weighted by atomic mass is 10.3. The standard InChI is InChI=1S/C12H16N4O2/c1-3-18-11(17)6-7-13-12-14-10-5-4-9(2)8-16(10)15-12/h4-5,8H,3,6-7H2,1-2H3,(H,13,15). The summed E-state index contributed by atoms with van der Waals surface area (Å²) in [5.41, 5.74) is 1.89. The Morgan fingerprint density at radius 2 is 2.33 bits per heavy atom. The van der Waals surface area contributed by atoms with Crippen molar-refractivity contribution < 1.29 is 9.53 Å². The van der Waals surface area contributed by atoms with E-state index in [1.807, 2.05) is 25.3 Å². The Morgan fingerprint density at radius 1 is 1.50 bits per heavy atom. The highest BCUT2D eigenvalue weighted by Gasteiger charge is 2.05. The van der Waals surface area contributed by atoms with Crippen molar-refractivity contribution in [1.29, 1.82) is 0 Å². The molecule has 96 valence electrons. The number of esters is 1. The average molecular weight is 248 g/mol. The van der Waals surface area contributed by atoms with E-state index in [4.69, 9.17) is 4.74 Å². The van der Waals surface area contributed by atoms with Crippen LogP contribution >= 0.6 is 0 Å². The molecule has 0 saturated heterocycles. The molecule has 0 unspecified atom stereocenters. The molecule has 0 amide bonds. The predicted octanol–water partition coefficient (Wildman–Crippen LogP) is 1.40. The van der Waals surface area contributed by atoms with Crippen LogP contribution in [-0.4, -0.2) is 33.7 Å². The third kappa shape index (κ3) is 2.97. The van der Waals surface area contributed by atoms with Crippen LogP contribution in [0.5, 0.6) is 0 Å². The van der Waals surface area contributed by atoms with Crippen LogP contribution in [0.25, 0.3) is 5.65 Å². The van der Waals surface area contributed by atoms with Crippen LogP contribution < -0.4 is 5.32 Å². The highest BCUT2D eigenvalue weighted by molar-refractivity contribution is 5.69. The normalized spacial score (nSPS) is 10.6. The lowest BCUT2D eigenvalue weighted by molar-refractivity contribution is -0.142. The van der Waals surface area contributed by atoms with Crippen molar-refractivity contribution in [3.63, 3.8) is 0 Å². The Balaban J connectivity index is 1.94. The van der Waals surface area contributed by atoms with Gasteiger partial charge in [-0.1, -0.05) is 6.07 Å². The number of nitrogens with one attached hydrogen (secondary N) is 1. The fourth-order valence-electron chi connectivity index (χ4n) is 1.57. The lowest BCUT2D eigenvalue weighted by Gasteiger charge is -2.01. The number of hydrogen-bond acceptors (Lipinski definition) is 5. The second-order valence-electron chi connectivity index (χ2n) is 3.93. The van der Waals surface area contributed by atoms with E-state index in [2.05, 4.69) is 15.4 Å². The van der Waals surface area contributed by atoms with E-state index in [1.54, 1.807) is 11.4 Å². The molecule has 2 aromatic rings. The van der Waals surface area contributed by atoms with Crippen molar-refractivity contribution in [1.82, 2.24) is 14.6 Å². The van der Waals surface area contributed by atoms with Crippen molar-refractivity contribution in [2.24, 2.45) is 0 Å². The number of aromatic nitrogens is 3. The molecule has 18 heavy (non-hydrogen) atoms. The zero-order chi connectivity index (χ0) is 13.0. The van der Waals surface area contributed by atoms with E-state index in [0.717, 1.165) is 11.2 Å². The number of pyridine rings is 1. The van der Waals surface area contributed by atoms with Gasteiger partial charge in [0, 0.05) is 12.7 Å². The van der Waals surface area contributed by atoms with E-state index in [0.29, 0.717) is 25.5 Å². The summed E-state index contributed by atoms with van der Waals surface area (Å²) in [7, 11) is 0. The molecule has 0 radical (unpaired) electrons. The molecule has 0 atom stereocenters. The summed E-state index contributed by atoms with van der Waals surface area (Å²) in [4.78, 5) is 15.4. The highest BCUT2D eigenvalue weighted by Crippen LogP contribution is 2.06. The van der Waals surface area contributed by atoms with Gasteiger partial charge in [0.2, 0.25) is 5.95 Å². The Morgan fingerprint density at radius 3 is 3.11 bits per heavy atom. The van der Waals surface area contributed by atoms with Crippen LogP contribution in [-0.2, 0) is 9.53 Å². The minimum atomic E-state index is -0.218. The van der Waals surface area contributed by atoms with Crippen molar-refractivity contribution >= 4 is 17.6 Å². The van der Waals surface area contributed by atoms with Crippen LogP contribution in [0.2, 0.25) is 0 Å². The fourth-order valence-corrected chi connectivity index (χ4v) is 1.57. The first kappa shape index (κ1) is 12.3. The fraction of sp³-hybridized carbons (Fsp3) is 0.417. The van der Waals surface area contributed by atoms with E-state index in [1.165, 1.54) is 0 Å². The molecule has 1 N–H and O–H groups in total. The Bertz CT molecular complexity index is 550. The minimum absolute atomic E-state index is 0.218. The summed E-state index contributed by atoms with van der Waals surface area (Å²) in [6.07, 6.45) is 2.21. The molecule has 0 saturated carbocycles. The van der Waals surface area contributed by atoms with E-state index in [9.17, 15) is 4.79 Å². The number of nitrogens with zero attached hydrogens (tertiary/aromatic N) is 3. The number of carbonyl (C=O) groups excluding carboxylic acids is 1. The largest absolute Gasteiger partial charge is 0.466 e. The van der Waals surface area contributed by atoms with Crippen molar-refractivity contribution in [3.05, 3.63) is 23.9 Å². The van der Waals surface area contributed by atoms with E-state index >= 15 is 0 Å². The van der Waals surface area contributed by atoms with Crippen LogP contribution in [0.15, 0.2) is 18.3 Å². The zero-order valence-corrected chi connectivity index (χ0v) is 10.5. The van der Waals surface area contributed by atoms with Gasteiger partial charge in [-0.05, 0) is 25.5 Å². The van der Waals surface area contributed by atoms with Gasteiger partial charge in [0.1, 0.15) is 0 Å². The first-order valence-corrected chi connectivity index (χ1v) is 5.91. The summed E-state index contributed by atoms with van der Waals surface area (Å²) < 4.78 is 6.54. The summed E-state index contributed by atoms with van der Waals surface area (Å²) in [5.74, 6) is 0.300. The second kappa shape index (κ2) is 5.48. The van der Waals surface area contributed by atoms with Crippen molar-refractivity contribution in [2.75, 3.05) is 18.5 Å². The van der Waals surface area contributed by atoms with Gasteiger partial charge < -0.3 is 10.1 Å². The van der Waals surface area contributed by atoms with Gasteiger partial charge in [0.05, 0.1) is 13.0 Å². The third-order valence-electron chi connectivity index (χ3n) is 2.40. The highest BCUT2D eigenvalue weighted by atomic mass is 16.5. The Kier molecular flexibility index (Phi) is 3.76. The molecular formula is C12H16N4O2. The molecule has 2 heterocycles. The van der Waals surface area contributed by atoms with Gasteiger partial charge in [-0.3, -0.25) is 4.79 Å².